The maximum atomic E-state index is 12.4. The van der Waals surface area contributed by atoms with Crippen molar-refractivity contribution in [1.82, 2.24) is 5.16 Å². The topological polar surface area (TPSA) is 26.0 Å². The highest BCUT2D eigenvalue weighted by Gasteiger charge is 2.22. The largest absolute Gasteiger partial charge is 0.361 e. The van der Waals surface area contributed by atoms with Crippen LogP contribution in [0.3, 0.4) is 0 Å². The Bertz CT molecular complexity index is 268. The van der Waals surface area contributed by atoms with Gasteiger partial charge in [-0.05, 0) is 12.8 Å². The Balaban J connectivity index is 3.12. The van der Waals surface area contributed by atoms with E-state index < -0.39 is 6.43 Å². The van der Waals surface area contributed by atoms with Gasteiger partial charge >= 0.3 is 0 Å². The summed E-state index contributed by atoms with van der Waals surface area (Å²) < 4.78 is 29.5. The average Bonchev–Trinajstić information content (AvgIpc) is 2.30. The molecule has 12 heavy (non-hydrogen) atoms. The Morgan fingerprint density at radius 2 is 1.92 bits per heavy atom. The molecule has 0 radical (unpaired) electrons. The molecule has 0 aliphatic heterocycles. The molecule has 0 saturated carbocycles. The number of hydrogen-bond donors (Lipinski definition) is 0. The van der Waals surface area contributed by atoms with Gasteiger partial charge in [-0.2, -0.15) is 0 Å². The standard InChI is InChI=1S/C8H11F2NO/c1-4(2)7-6(8(9)10)5(3)12-11-7/h4,8H,1-3H3. The number of halogens is 2. The summed E-state index contributed by atoms with van der Waals surface area (Å²) in [5.74, 6) is 0.195. The quantitative estimate of drug-likeness (QED) is 0.690. The molecule has 0 N–H and O–H groups in total. The van der Waals surface area contributed by atoms with Crippen LogP contribution in [-0.2, 0) is 0 Å². The number of aromatic nitrogens is 1. The van der Waals surface area contributed by atoms with Crippen molar-refractivity contribution in [3.05, 3.63) is 17.0 Å². The second-order valence-corrected chi connectivity index (χ2v) is 2.99. The van der Waals surface area contributed by atoms with Crippen molar-refractivity contribution in [3.8, 4) is 0 Å². The lowest BCUT2D eigenvalue weighted by molar-refractivity contribution is 0.148. The van der Waals surface area contributed by atoms with Crippen molar-refractivity contribution >= 4 is 0 Å². The summed E-state index contributed by atoms with van der Waals surface area (Å²) in [6, 6.07) is 0. The number of rotatable bonds is 2. The van der Waals surface area contributed by atoms with Crippen molar-refractivity contribution in [2.75, 3.05) is 0 Å². The van der Waals surface area contributed by atoms with Crippen LogP contribution in [-0.4, -0.2) is 5.16 Å². The summed E-state index contributed by atoms with van der Waals surface area (Å²) in [4.78, 5) is 0. The zero-order chi connectivity index (χ0) is 9.30. The van der Waals surface area contributed by atoms with Crippen LogP contribution in [0.1, 0.15) is 43.2 Å². The summed E-state index contributed by atoms with van der Waals surface area (Å²) in [5, 5.41) is 3.58. The molecule has 4 heteroatoms. The Morgan fingerprint density at radius 1 is 1.33 bits per heavy atom. The smallest absolute Gasteiger partial charge is 0.269 e. The van der Waals surface area contributed by atoms with Gasteiger partial charge < -0.3 is 4.52 Å². The molecule has 0 spiro atoms. The van der Waals surface area contributed by atoms with Gasteiger partial charge in [0, 0.05) is 0 Å². The van der Waals surface area contributed by atoms with Gasteiger partial charge in [0.05, 0.1) is 11.3 Å². The molecule has 0 aliphatic carbocycles. The van der Waals surface area contributed by atoms with Gasteiger partial charge in [0.2, 0.25) is 0 Å². The second-order valence-electron chi connectivity index (χ2n) is 2.99. The van der Waals surface area contributed by atoms with E-state index in [1.165, 1.54) is 6.92 Å². The second kappa shape index (κ2) is 3.21. The molecule has 1 heterocycles. The van der Waals surface area contributed by atoms with Crippen LogP contribution in [0.4, 0.5) is 8.78 Å². The molecule has 0 atom stereocenters. The van der Waals surface area contributed by atoms with Crippen molar-refractivity contribution in [1.29, 1.82) is 0 Å². The zero-order valence-corrected chi connectivity index (χ0v) is 7.27. The van der Waals surface area contributed by atoms with Gasteiger partial charge in [-0.15, -0.1) is 0 Å². The third kappa shape index (κ3) is 1.47. The molecular weight excluding hydrogens is 164 g/mol. The van der Waals surface area contributed by atoms with E-state index in [0.717, 1.165) is 0 Å². The normalized spacial score (nSPS) is 11.6. The van der Waals surface area contributed by atoms with Crippen LogP contribution >= 0.6 is 0 Å². The van der Waals surface area contributed by atoms with Crippen LogP contribution in [0, 0.1) is 6.92 Å². The molecule has 0 unspecified atom stereocenters. The maximum Gasteiger partial charge on any atom is 0.269 e. The molecule has 0 aliphatic rings. The lowest BCUT2D eigenvalue weighted by atomic mass is 10.1. The van der Waals surface area contributed by atoms with E-state index in [0.29, 0.717) is 5.69 Å². The molecular formula is C8H11F2NO. The van der Waals surface area contributed by atoms with E-state index in [2.05, 4.69) is 9.68 Å². The first-order chi connectivity index (χ1) is 5.54. The van der Waals surface area contributed by atoms with Gasteiger partial charge in [-0.1, -0.05) is 19.0 Å². The first-order valence-corrected chi connectivity index (χ1v) is 3.78. The van der Waals surface area contributed by atoms with E-state index >= 15 is 0 Å². The van der Waals surface area contributed by atoms with Gasteiger partial charge in [0.25, 0.3) is 6.43 Å². The fourth-order valence-electron chi connectivity index (χ4n) is 1.08. The SMILES string of the molecule is Cc1onc(C(C)C)c1C(F)F. The average molecular weight is 175 g/mol. The molecule has 0 fully saturated rings. The molecule has 0 bridgehead atoms. The van der Waals surface area contributed by atoms with Gasteiger partial charge in [-0.25, -0.2) is 8.78 Å². The summed E-state index contributed by atoms with van der Waals surface area (Å²) in [5.41, 5.74) is 0.313. The molecule has 1 rings (SSSR count). The highest BCUT2D eigenvalue weighted by atomic mass is 19.3. The maximum absolute atomic E-state index is 12.4. The summed E-state index contributed by atoms with van der Waals surface area (Å²) >= 11 is 0. The van der Waals surface area contributed by atoms with Crippen molar-refractivity contribution in [2.24, 2.45) is 0 Å². The van der Waals surface area contributed by atoms with Crippen LogP contribution in [0.2, 0.25) is 0 Å². The predicted octanol–water partition coefficient (Wildman–Crippen LogP) is 3.04. The molecule has 68 valence electrons. The lowest BCUT2D eigenvalue weighted by Crippen LogP contribution is -1.95. The highest BCUT2D eigenvalue weighted by Crippen LogP contribution is 2.30. The van der Waals surface area contributed by atoms with E-state index in [1.807, 2.05) is 13.8 Å². The third-order valence-electron chi connectivity index (χ3n) is 1.70. The fourth-order valence-corrected chi connectivity index (χ4v) is 1.08. The van der Waals surface area contributed by atoms with E-state index in [-0.39, 0.29) is 17.2 Å². The Kier molecular flexibility index (Phi) is 2.45. The minimum atomic E-state index is -2.49. The third-order valence-corrected chi connectivity index (χ3v) is 1.70. The summed E-state index contributed by atoms with van der Waals surface area (Å²) in [6.07, 6.45) is -2.49. The Labute approximate surface area is 69.6 Å². The molecule has 0 aromatic carbocycles. The number of alkyl halides is 2. The monoisotopic (exact) mass is 175 g/mol. The van der Waals surface area contributed by atoms with Crippen LogP contribution < -0.4 is 0 Å². The van der Waals surface area contributed by atoms with E-state index in [4.69, 9.17) is 0 Å². The van der Waals surface area contributed by atoms with Crippen LogP contribution in [0.15, 0.2) is 4.52 Å². The fraction of sp³-hybridized carbons (Fsp3) is 0.625. The first kappa shape index (κ1) is 9.16. The minimum absolute atomic E-state index is 0.0218. The van der Waals surface area contributed by atoms with Crippen molar-refractivity contribution in [3.63, 3.8) is 0 Å². The van der Waals surface area contributed by atoms with Crippen molar-refractivity contribution < 1.29 is 13.3 Å². The van der Waals surface area contributed by atoms with E-state index in [1.54, 1.807) is 0 Å². The summed E-state index contributed by atoms with van der Waals surface area (Å²) in [6.45, 7) is 5.12. The molecule has 0 amide bonds. The van der Waals surface area contributed by atoms with E-state index in [9.17, 15) is 8.78 Å². The molecule has 1 aromatic rings. The Hall–Kier alpha value is -0.930. The molecule has 0 saturated heterocycles. The zero-order valence-electron chi connectivity index (χ0n) is 7.27. The summed E-state index contributed by atoms with van der Waals surface area (Å²) in [7, 11) is 0. The van der Waals surface area contributed by atoms with Crippen LogP contribution in [0.25, 0.3) is 0 Å². The number of aryl methyl sites for hydroxylation is 1. The van der Waals surface area contributed by atoms with Crippen molar-refractivity contribution in [2.45, 2.75) is 33.1 Å². The van der Waals surface area contributed by atoms with Crippen LogP contribution in [0.5, 0.6) is 0 Å². The van der Waals surface area contributed by atoms with Gasteiger partial charge in [0.1, 0.15) is 5.76 Å². The number of nitrogens with zero attached hydrogens (tertiary/aromatic N) is 1. The highest BCUT2D eigenvalue weighted by molar-refractivity contribution is 5.25. The van der Waals surface area contributed by atoms with Gasteiger partial charge in [-0.3, -0.25) is 0 Å². The molecule has 1 aromatic heterocycles. The Morgan fingerprint density at radius 3 is 2.25 bits per heavy atom. The predicted molar refractivity (Wildman–Crippen MR) is 40.3 cm³/mol. The lowest BCUT2D eigenvalue weighted by Gasteiger charge is -2.02. The molecule has 2 nitrogen and oxygen atoms in total. The van der Waals surface area contributed by atoms with Gasteiger partial charge in [0.15, 0.2) is 0 Å². The number of hydrogen-bond acceptors (Lipinski definition) is 2. The minimum Gasteiger partial charge on any atom is -0.361 e. The first-order valence-electron chi connectivity index (χ1n) is 3.78.